The van der Waals surface area contributed by atoms with E-state index in [0.717, 1.165) is 12.8 Å². The Bertz CT molecular complexity index is 521. The summed E-state index contributed by atoms with van der Waals surface area (Å²) < 4.78 is 10.4. The molecule has 28 heavy (non-hydrogen) atoms. The highest BCUT2D eigenvalue weighted by molar-refractivity contribution is 5.86. The Morgan fingerprint density at radius 3 is 2.00 bits per heavy atom. The van der Waals surface area contributed by atoms with Gasteiger partial charge in [-0.3, -0.25) is 4.89 Å². The van der Waals surface area contributed by atoms with Crippen molar-refractivity contribution in [2.45, 2.75) is 110 Å². The van der Waals surface area contributed by atoms with Crippen LogP contribution in [-0.2, 0) is 9.62 Å². The molecule has 0 amide bonds. The van der Waals surface area contributed by atoms with E-state index in [-0.39, 0.29) is 11.8 Å². The number of ether oxygens (including phenoxy) is 1. The average Bonchev–Trinajstić information content (AvgIpc) is 3.10. The van der Waals surface area contributed by atoms with Gasteiger partial charge in [0.25, 0.3) is 0 Å². The van der Waals surface area contributed by atoms with E-state index in [2.05, 4.69) is 11.9 Å². The van der Waals surface area contributed by atoms with Crippen LogP contribution in [0.15, 0.2) is 10.6 Å². The Morgan fingerprint density at radius 1 is 0.929 bits per heavy atom. The van der Waals surface area contributed by atoms with Gasteiger partial charge in [-0.05, 0) is 27.2 Å². The number of oxazole rings is 1. The number of rotatable bonds is 16. The highest BCUT2D eigenvalue weighted by atomic mass is 17.2. The number of carbonyl (C=O) groups excluding carboxylic acids is 1. The number of hydrogen-bond acceptors (Lipinski definition) is 6. The van der Waals surface area contributed by atoms with Gasteiger partial charge in [-0.1, -0.05) is 77.6 Å². The first-order chi connectivity index (χ1) is 13.4. The Labute approximate surface area is 170 Å². The Morgan fingerprint density at radius 2 is 1.46 bits per heavy atom. The smallest absolute Gasteiger partial charge is 0.427 e. The molecule has 0 N–H and O–H groups in total. The zero-order valence-electron chi connectivity index (χ0n) is 18.3. The largest absolute Gasteiger partial charge is 0.454 e. The number of aromatic nitrogens is 1. The van der Waals surface area contributed by atoms with Gasteiger partial charge in [-0.2, -0.15) is 9.87 Å². The first kappa shape index (κ1) is 24.5. The van der Waals surface area contributed by atoms with Crippen LogP contribution < -0.4 is 4.89 Å². The highest BCUT2D eigenvalue weighted by Crippen LogP contribution is 2.17. The lowest BCUT2D eigenvalue weighted by Crippen LogP contribution is -2.23. The second kappa shape index (κ2) is 14.4. The van der Waals surface area contributed by atoms with Crippen molar-refractivity contribution in [1.29, 1.82) is 0 Å². The lowest BCUT2D eigenvalue weighted by atomic mass is 10.1. The normalized spacial score (nSPS) is 11.6. The molecule has 0 radical (unpaired) electrons. The van der Waals surface area contributed by atoms with Gasteiger partial charge in [0.05, 0.1) is 12.8 Å². The molecule has 0 aliphatic carbocycles. The maximum atomic E-state index is 11.8. The minimum atomic E-state index is -0.587. The lowest BCUT2D eigenvalue weighted by Gasteiger charge is -2.18. The summed E-state index contributed by atoms with van der Waals surface area (Å²) in [6, 6.07) is 0. The standard InChI is InChI=1S/C22H39NO5/c1-5-6-7-8-9-10-11-12-13-14-15-16-17-25-28-21-23-18-19(26-21)20(24)27-22(2,3)4/h18H,5-17H2,1-4H3. The van der Waals surface area contributed by atoms with Crippen molar-refractivity contribution in [2.24, 2.45) is 0 Å². The van der Waals surface area contributed by atoms with E-state index in [9.17, 15) is 4.79 Å². The number of esters is 1. The third kappa shape index (κ3) is 12.8. The second-order valence-electron chi connectivity index (χ2n) is 8.29. The van der Waals surface area contributed by atoms with Crippen LogP contribution >= 0.6 is 0 Å². The molecule has 0 unspecified atom stereocenters. The molecule has 0 aliphatic rings. The fourth-order valence-electron chi connectivity index (χ4n) is 2.81. The molecule has 6 nitrogen and oxygen atoms in total. The van der Waals surface area contributed by atoms with E-state index in [1.807, 2.05) is 0 Å². The van der Waals surface area contributed by atoms with Crippen LogP contribution in [0.3, 0.4) is 0 Å². The van der Waals surface area contributed by atoms with Gasteiger partial charge in [0, 0.05) is 0 Å². The number of carbonyl (C=O) groups is 1. The maximum absolute atomic E-state index is 11.8. The van der Waals surface area contributed by atoms with Gasteiger partial charge in [0.2, 0.25) is 5.76 Å². The van der Waals surface area contributed by atoms with Crippen LogP contribution in [0.1, 0.15) is 115 Å². The summed E-state index contributed by atoms with van der Waals surface area (Å²) in [4.78, 5) is 25.8. The van der Waals surface area contributed by atoms with Crippen LogP contribution in [0.2, 0.25) is 0 Å². The van der Waals surface area contributed by atoms with Crippen molar-refractivity contribution in [3.8, 4) is 6.08 Å². The van der Waals surface area contributed by atoms with Gasteiger partial charge >= 0.3 is 12.0 Å². The summed E-state index contributed by atoms with van der Waals surface area (Å²) >= 11 is 0. The predicted molar refractivity (Wildman–Crippen MR) is 109 cm³/mol. The van der Waals surface area contributed by atoms with E-state index in [4.69, 9.17) is 18.9 Å². The highest BCUT2D eigenvalue weighted by Gasteiger charge is 2.22. The van der Waals surface area contributed by atoms with E-state index >= 15 is 0 Å². The Balaban J connectivity index is 1.95. The molecule has 1 aromatic rings. The van der Waals surface area contributed by atoms with Crippen molar-refractivity contribution in [3.63, 3.8) is 0 Å². The van der Waals surface area contributed by atoms with Gasteiger partial charge < -0.3 is 9.15 Å². The molecule has 1 aromatic heterocycles. The first-order valence-electron chi connectivity index (χ1n) is 10.9. The molecule has 1 rings (SSSR count). The van der Waals surface area contributed by atoms with Gasteiger partial charge in [-0.15, -0.1) is 0 Å². The van der Waals surface area contributed by atoms with E-state index in [0.29, 0.717) is 6.61 Å². The van der Waals surface area contributed by atoms with Crippen molar-refractivity contribution < 1.29 is 23.7 Å². The minimum Gasteiger partial charge on any atom is -0.454 e. The molecule has 0 aliphatic heterocycles. The van der Waals surface area contributed by atoms with Crippen molar-refractivity contribution in [2.75, 3.05) is 6.61 Å². The molecule has 0 aromatic carbocycles. The summed E-state index contributed by atoms with van der Waals surface area (Å²) in [6.45, 7) is 8.10. The summed E-state index contributed by atoms with van der Waals surface area (Å²) in [5, 5.41) is 0. The molecule has 0 saturated heterocycles. The summed E-state index contributed by atoms with van der Waals surface area (Å²) in [5.74, 6) is -0.574. The maximum Gasteiger partial charge on any atom is 0.427 e. The molecule has 0 fully saturated rings. The summed E-state index contributed by atoms with van der Waals surface area (Å²) in [7, 11) is 0. The van der Waals surface area contributed by atoms with E-state index in [1.54, 1.807) is 20.8 Å². The van der Waals surface area contributed by atoms with Crippen LogP contribution in [0.4, 0.5) is 0 Å². The molecule has 0 saturated carbocycles. The third-order valence-electron chi connectivity index (χ3n) is 4.30. The van der Waals surface area contributed by atoms with Gasteiger partial charge in [0.15, 0.2) is 0 Å². The Kier molecular flexibility index (Phi) is 12.6. The average molecular weight is 398 g/mol. The predicted octanol–water partition coefficient (Wildman–Crippen LogP) is 6.64. The number of nitrogens with zero attached hydrogens (tertiary/aromatic N) is 1. The molecule has 162 valence electrons. The number of unbranched alkanes of at least 4 members (excludes halogenated alkanes) is 11. The summed E-state index contributed by atoms with van der Waals surface area (Å²) in [5.41, 5.74) is -0.587. The van der Waals surface area contributed by atoms with Crippen LogP contribution in [0.25, 0.3) is 0 Å². The molecular weight excluding hydrogens is 358 g/mol. The summed E-state index contributed by atoms with van der Waals surface area (Å²) in [6.07, 6.45) is 16.7. The monoisotopic (exact) mass is 397 g/mol. The van der Waals surface area contributed by atoms with Crippen molar-refractivity contribution >= 4 is 5.97 Å². The third-order valence-corrected chi connectivity index (χ3v) is 4.30. The molecule has 0 atom stereocenters. The van der Waals surface area contributed by atoms with Crippen molar-refractivity contribution in [1.82, 2.24) is 4.98 Å². The SMILES string of the molecule is CCCCCCCCCCCCCCOOc1ncc(C(=O)OC(C)(C)C)o1. The fourth-order valence-corrected chi connectivity index (χ4v) is 2.81. The fraction of sp³-hybridized carbons (Fsp3) is 0.818. The van der Waals surface area contributed by atoms with E-state index in [1.165, 1.54) is 70.4 Å². The first-order valence-corrected chi connectivity index (χ1v) is 10.9. The van der Waals surface area contributed by atoms with Gasteiger partial charge in [0.1, 0.15) is 5.60 Å². The minimum absolute atomic E-state index is 0.00103. The molecule has 1 heterocycles. The Hall–Kier alpha value is -1.56. The second-order valence-corrected chi connectivity index (χ2v) is 8.29. The molecule has 6 heteroatoms. The van der Waals surface area contributed by atoms with Gasteiger partial charge in [-0.25, -0.2) is 4.79 Å². The zero-order valence-corrected chi connectivity index (χ0v) is 18.3. The van der Waals surface area contributed by atoms with Crippen LogP contribution in [-0.4, -0.2) is 23.2 Å². The topological polar surface area (TPSA) is 70.8 Å². The number of hydrogen-bond donors (Lipinski definition) is 0. The van der Waals surface area contributed by atoms with Crippen molar-refractivity contribution in [3.05, 3.63) is 12.0 Å². The van der Waals surface area contributed by atoms with Crippen LogP contribution in [0, 0.1) is 0 Å². The quantitative estimate of drug-likeness (QED) is 0.135. The van der Waals surface area contributed by atoms with E-state index < -0.39 is 11.6 Å². The molecule has 0 bridgehead atoms. The van der Waals surface area contributed by atoms with Crippen LogP contribution in [0.5, 0.6) is 6.08 Å². The molecule has 0 spiro atoms. The lowest BCUT2D eigenvalue weighted by molar-refractivity contribution is -0.223. The molecular formula is C22H39NO5. The zero-order chi connectivity index (χ0) is 20.7.